The first kappa shape index (κ1) is 10.8. The van der Waals surface area contributed by atoms with Crippen LogP contribution in [0.25, 0.3) is 0 Å². The molecule has 4 heteroatoms. The van der Waals surface area contributed by atoms with Gasteiger partial charge in [-0.15, -0.1) is 0 Å². The molecule has 0 spiro atoms. The molecular formula is C10H13FO3. The van der Waals surface area contributed by atoms with Gasteiger partial charge in [-0.3, -0.25) is 0 Å². The lowest BCUT2D eigenvalue weighted by molar-refractivity contribution is -0.276. The van der Waals surface area contributed by atoms with E-state index in [4.69, 9.17) is 9.78 Å². The zero-order valence-electron chi connectivity index (χ0n) is 8.37. The van der Waals surface area contributed by atoms with Crippen molar-refractivity contribution in [2.75, 3.05) is 0 Å². The SMILES string of the molecule is CC(C)(C)OOc1c(O)cccc1F. The topological polar surface area (TPSA) is 38.7 Å². The van der Waals surface area contributed by atoms with E-state index in [0.717, 1.165) is 0 Å². The number of hydrogen-bond donors (Lipinski definition) is 1. The van der Waals surface area contributed by atoms with Gasteiger partial charge in [0.05, 0.1) is 0 Å². The minimum atomic E-state index is -0.658. The molecule has 0 heterocycles. The Morgan fingerprint density at radius 2 is 1.93 bits per heavy atom. The van der Waals surface area contributed by atoms with Crippen molar-refractivity contribution in [1.29, 1.82) is 0 Å². The van der Waals surface area contributed by atoms with Gasteiger partial charge in [-0.2, -0.15) is 4.89 Å². The number of halogens is 1. The average molecular weight is 200 g/mol. The molecule has 0 aliphatic heterocycles. The summed E-state index contributed by atoms with van der Waals surface area (Å²) in [4.78, 5) is 9.58. The molecule has 0 amide bonds. The maximum atomic E-state index is 13.1. The third-order valence-corrected chi connectivity index (χ3v) is 1.32. The summed E-state index contributed by atoms with van der Waals surface area (Å²) in [5, 5.41) is 9.24. The first-order valence-electron chi connectivity index (χ1n) is 4.23. The molecule has 0 saturated carbocycles. The highest BCUT2D eigenvalue weighted by Crippen LogP contribution is 2.29. The highest BCUT2D eigenvalue weighted by atomic mass is 19.1. The second-order valence-electron chi connectivity index (χ2n) is 3.87. The van der Waals surface area contributed by atoms with Crippen LogP contribution in [0.15, 0.2) is 18.2 Å². The van der Waals surface area contributed by atoms with Crippen LogP contribution in [0, 0.1) is 5.82 Å². The lowest BCUT2D eigenvalue weighted by Gasteiger charge is -2.18. The van der Waals surface area contributed by atoms with Crippen LogP contribution >= 0.6 is 0 Å². The van der Waals surface area contributed by atoms with Crippen molar-refractivity contribution in [3.63, 3.8) is 0 Å². The molecule has 1 N–H and O–H groups in total. The number of benzene rings is 1. The average Bonchev–Trinajstić information content (AvgIpc) is 2.01. The van der Waals surface area contributed by atoms with E-state index < -0.39 is 11.4 Å². The number of phenols is 1. The van der Waals surface area contributed by atoms with Gasteiger partial charge in [-0.05, 0) is 32.9 Å². The third-order valence-electron chi connectivity index (χ3n) is 1.32. The Kier molecular flexibility index (Phi) is 2.96. The van der Waals surface area contributed by atoms with Crippen molar-refractivity contribution in [3.8, 4) is 11.5 Å². The lowest BCUT2D eigenvalue weighted by atomic mass is 10.2. The Morgan fingerprint density at radius 1 is 1.29 bits per heavy atom. The standard InChI is InChI=1S/C10H13FO3/c1-10(2,3)14-13-9-7(11)5-4-6-8(9)12/h4-6,12H,1-3H3. The van der Waals surface area contributed by atoms with Crippen LogP contribution in [-0.4, -0.2) is 10.7 Å². The van der Waals surface area contributed by atoms with E-state index in [1.165, 1.54) is 18.2 Å². The van der Waals surface area contributed by atoms with Crippen molar-refractivity contribution in [3.05, 3.63) is 24.0 Å². The first-order valence-corrected chi connectivity index (χ1v) is 4.23. The highest BCUT2D eigenvalue weighted by Gasteiger charge is 2.16. The monoisotopic (exact) mass is 200 g/mol. The van der Waals surface area contributed by atoms with Crippen LogP contribution in [0.4, 0.5) is 4.39 Å². The highest BCUT2D eigenvalue weighted by molar-refractivity contribution is 5.38. The third kappa shape index (κ3) is 2.88. The molecule has 0 aliphatic carbocycles. The summed E-state index contributed by atoms with van der Waals surface area (Å²) < 4.78 is 13.1. The summed E-state index contributed by atoms with van der Waals surface area (Å²) in [5.41, 5.74) is -0.561. The van der Waals surface area contributed by atoms with Crippen molar-refractivity contribution in [2.45, 2.75) is 26.4 Å². The van der Waals surface area contributed by atoms with E-state index in [1.54, 1.807) is 20.8 Å². The predicted molar refractivity (Wildman–Crippen MR) is 49.5 cm³/mol. The summed E-state index contributed by atoms with van der Waals surface area (Å²) in [6.45, 7) is 5.26. The minimum Gasteiger partial charge on any atom is -0.504 e. The molecule has 1 rings (SSSR count). The zero-order chi connectivity index (χ0) is 10.8. The van der Waals surface area contributed by atoms with Crippen LogP contribution in [0.5, 0.6) is 11.5 Å². The fourth-order valence-corrected chi connectivity index (χ4v) is 0.747. The van der Waals surface area contributed by atoms with Crippen LogP contribution in [0.3, 0.4) is 0 Å². The summed E-state index contributed by atoms with van der Waals surface area (Å²) in [5.74, 6) is -1.23. The normalized spacial score (nSPS) is 11.4. The molecule has 1 aromatic rings. The van der Waals surface area contributed by atoms with Gasteiger partial charge in [0, 0.05) is 0 Å². The van der Waals surface area contributed by atoms with Crippen LogP contribution < -0.4 is 4.89 Å². The number of rotatable bonds is 2. The molecule has 0 atom stereocenters. The number of para-hydroxylation sites is 1. The number of hydrogen-bond acceptors (Lipinski definition) is 3. The Labute approximate surface area is 82.0 Å². The van der Waals surface area contributed by atoms with E-state index in [1.807, 2.05) is 0 Å². The predicted octanol–water partition coefficient (Wildman–Crippen LogP) is 2.64. The fourth-order valence-electron chi connectivity index (χ4n) is 0.747. The molecule has 14 heavy (non-hydrogen) atoms. The Bertz CT molecular complexity index is 297. The van der Waals surface area contributed by atoms with Crippen molar-refractivity contribution < 1.29 is 19.3 Å². The number of aromatic hydroxyl groups is 1. The summed E-state index contributed by atoms with van der Waals surface area (Å²) in [7, 11) is 0. The minimum absolute atomic E-state index is 0.283. The van der Waals surface area contributed by atoms with E-state index in [9.17, 15) is 9.50 Å². The maximum absolute atomic E-state index is 13.1. The molecule has 1 aromatic carbocycles. The Hall–Kier alpha value is -1.29. The van der Waals surface area contributed by atoms with Gasteiger partial charge in [-0.25, -0.2) is 4.39 Å². The van der Waals surface area contributed by atoms with Gasteiger partial charge in [0.2, 0.25) is 5.75 Å². The number of phenolic OH excluding ortho intramolecular Hbond substituents is 1. The van der Waals surface area contributed by atoms with Crippen LogP contribution in [0.1, 0.15) is 20.8 Å². The maximum Gasteiger partial charge on any atom is 0.242 e. The second-order valence-corrected chi connectivity index (χ2v) is 3.87. The molecule has 0 aliphatic rings. The van der Waals surface area contributed by atoms with Gasteiger partial charge in [0.15, 0.2) is 11.6 Å². The van der Waals surface area contributed by atoms with Crippen molar-refractivity contribution >= 4 is 0 Å². The molecule has 0 aromatic heterocycles. The zero-order valence-corrected chi connectivity index (χ0v) is 8.37. The van der Waals surface area contributed by atoms with Crippen molar-refractivity contribution in [2.24, 2.45) is 0 Å². The quantitative estimate of drug-likeness (QED) is 0.589. The van der Waals surface area contributed by atoms with Gasteiger partial charge >= 0.3 is 0 Å². The fraction of sp³-hybridized carbons (Fsp3) is 0.400. The molecule has 0 radical (unpaired) electrons. The van der Waals surface area contributed by atoms with Gasteiger partial charge < -0.3 is 9.99 Å². The molecule has 0 bridgehead atoms. The van der Waals surface area contributed by atoms with Crippen LogP contribution in [-0.2, 0) is 4.89 Å². The Morgan fingerprint density at radius 3 is 2.43 bits per heavy atom. The summed E-state index contributed by atoms with van der Waals surface area (Å²) in [6.07, 6.45) is 0. The smallest absolute Gasteiger partial charge is 0.242 e. The molecule has 0 saturated heterocycles. The van der Waals surface area contributed by atoms with E-state index in [0.29, 0.717) is 0 Å². The molecular weight excluding hydrogens is 187 g/mol. The van der Waals surface area contributed by atoms with E-state index >= 15 is 0 Å². The van der Waals surface area contributed by atoms with Gasteiger partial charge in [0.1, 0.15) is 5.60 Å². The largest absolute Gasteiger partial charge is 0.504 e. The molecule has 0 unspecified atom stereocenters. The second kappa shape index (κ2) is 3.84. The lowest BCUT2D eigenvalue weighted by Crippen LogP contribution is -2.21. The van der Waals surface area contributed by atoms with E-state index in [-0.39, 0.29) is 11.5 Å². The molecule has 3 nitrogen and oxygen atoms in total. The van der Waals surface area contributed by atoms with Gasteiger partial charge in [-0.1, -0.05) is 6.07 Å². The molecule has 78 valence electrons. The summed E-state index contributed by atoms with van der Waals surface area (Å²) >= 11 is 0. The Balaban J connectivity index is 2.77. The van der Waals surface area contributed by atoms with E-state index in [2.05, 4.69) is 0 Å². The molecule has 0 fully saturated rings. The van der Waals surface area contributed by atoms with Gasteiger partial charge in [0.25, 0.3) is 0 Å². The van der Waals surface area contributed by atoms with Crippen molar-refractivity contribution in [1.82, 2.24) is 0 Å². The van der Waals surface area contributed by atoms with Crippen LogP contribution in [0.2, 0.25) is 0 Å². The first-order chi connectivity index (χ1) is 6.40. The summed E-state index contributed by atoms with van der Waals surface area (Å²) in [6, 6.07) is 3.89.